The number of furan rings is 1. The van der Waals surface area contributed by atoms with Crippen molar-refractivity contribution in [1.82, 2.24) is 9.97 Å². The first-order chi connectivity index (χ1) is 9.74. The number of carboxylic acid groups (broad SMARTS) is 1. The summed E-state index contributed by atoms with van der Waals surface area (Å²) in [6.45, 7) is 0. The van der Waals surface area contributed by atoms with Crippen molar-refractivity contribution in [1.29, 1.82) is 0 Å². The fourth-order valence-electron chi connectivity index (χ4n) is 1.83. The lowest BCUT2D eigenvalue weighted by atomic mass is 10.1. The molecule has 0 saturated carbocycles. The van der Waals surface area contributed by atoms with E-state index in [1.807, 2.05) is 18.2 Å². The summed E-state index contributed by atoms with van der Waals surface area (Å²) in [7, 11) is 0. The van der Waals surface area contributed by atoms with Crippen LogP contribution in [0.25, 0.3) is 22.6 Å². The average molecular weight is 266 g/mol. The fourth-order valence-corrected chi connectivity index (χ4v) is 1.83. The molecule has 0 bridgehead atoms. The lowest BCUT2D eigenvalue weighted by molar-refractivity contribution is 0.0663. The molecule has 0 unspecified atom stereocenters. The van der Waals surface area contributed by atoms with Gasteiger partial charge in [-0.15, -0.1) is 0 Å². The maximum Gasteiger partial charge on any atom is 0.371 e. The zero-order chi connectivity index (χ0) is 13.9. The maximum absolute atomic E-state index is 10.8. The van der Waals surface area contributed by atoms with Gasteiger partial charge in [-0.25, -0.2) is 4.79 Å². The molecule has 98 valence electrons. The molecule has 0 atom stereocenters. The van der Waals surface area contributed by atoms with E-state index in [-0.39, 0.29) is 5.76 Å². The Labute approximate surface area is 114 Å². The molecule has 3 aromatic heterocycles. The Kier molecular flexibility index (Phi) is 3.01. The Bertz CT molecular complexity index is 733. The number of hydrogen-bond acceptors (Lipinski definition) is 4. The van der Waals surface area contributed by atoms with E-state index in [4.69, 9.17) is 9.52 Å². The third kappa shape index (κ3) is 2.29. The topological polar surface area (TPSA) is 76.2 Å². The highest BCUT2D eigenvalue weighted by Gasteiger charge is 2.11. The second-order valence-corrected chi connectivity index (χ2v) is 4.14. The predicted molar refractivity (Wildman–Crippen MR) is 72.1 cm³/mol. The van der Waals surface area contributed by atoms with Gasteiger partial charge in [-0.2, -0.15) is 0 Å². The van der Waals surface area contributed by atoms with Gasteiger partial charge in [0.15, 0.2) is 5.76 Å². The van der Waals surface area contributed by atoms with E-state index in [0.717, 1.165) is 11.1 Å². The van der Waals surface area contributed by atoms with Crippen molar-refractivity contribution in [2.24, 2.45) is 0 Å². The number of pyridine rings is 2. The summed E-state index contributed by atoms with van der Waals surface area (Å²) >= 11 is 0. The highest BCUT2D eigenvalue weighted by atomic mass is 16.4. The molecule has 0 aliphatic rings. The molecule has 20 heavy (non-hydrogen) atoms. The van der Waals surface area contributed by atoms with E-state index in [2.05, 4.69) is 9.97 Å². The first-order valence-corrected chi connectivity index (χ1v) is 5.94. The Morgan fingerprint density at radius 1 is 1.05 bits per heavy atom. The van der Waals surface area contributed by atoms with Crippen LogP contribution in [0.15, 0.2) is 59.4 Å². The van der Waals surface area contributed by atoms with Crippen molar-refractivity contribution >= 4 is 5.97 Å². The van der Waals surface area contributed by atoms with Crippen LogP contribution in [0.2, 0.25) is 0 Å². The van der Waals surface area contributed by atoms with Crippen LogP contribution in [0.4, 0.5) is 0 Å². The predicted octanol–water partition coefficient (Wildman–Crippen LogP) is 3.10. The number of carboxylic acids is 1. The molecule has 0 aliphatic carbocycles. The highest BCUT2D eigenvalue weighted by molar-refractivity contribution is 5.85. The zero-order valence-electron chi connectivity index (χ0n) is 10.4. The normalized spacial score (nSPS) is 10.4. The van der Waals surface area contributed by atoms with E-state index >= 15 is 0 Å². The van der Waals surface area contributed by atoms with Crippen LogP contribution >= 0.6 is 0 Å². The largest absolute Gasteiger partial charge is 0.475 e. The summed E-state index contributed by atoms with van der Waals surface area (Å²) in [5.74, 6) is -0.762. The molecule has 5 nitrogen and oxygen atoms in total. The van der Waals surface area contributed by atoms with Gasteiger partial charge in [-0.1, -0.05) is 12.1 Å². The fraction of sp³-hybridized carbons (Fsp3) is 0. The van der Waals surface area contributed by atoms with E-state index < -0.39 is 5.97 Å². The van der Waals surface area contributed by atoms with Gasteiger partial charge in [0.05, 0.1) is 0 Å². The van der Waals surface area contributed by atoms with E-state index in [0.29, 0.717) is 11.5 Å². The first-order valence-electron chi connectivity index (χ1n) is 5.94. The van der Waals surface area contributed by atoms with Crippen LogP contribution < -0.4 is 0 Å². The second-order valence-electron chi connectivity index (χ2n) is 4.14. The SMILES string of the molecule is O=C(O)c1ccc(-c2ccc(-c3cccnc3)cn2)o1. The van der Waals surface area contributed by atoms with Crippen molar-refractivity contribution < 1.29 is 14.3 Å². The molecule has 3 rings (SSSR count). The molecule has 5 heteroatoms. The minimum atomic E-state index is -1.09. The van der Waals surface area contributed by atoms with Crippen LogP contribution in [0.5, 0.6) is 0 Å². The molecule has 3 heterocycles. The summed E-state index contributed by atoms with van der Waals surface area (Å²) in [5.41, 5.74) is 2.49. The van der Waals surface area contributed by atoms with E-state index in [9.17, 15) is 4.79 Å². The number of nitrogens with zero attached hydrogens (tertiary/aromatic N) is 2. The van der Waals surface area contributed by atoms with Crippen LogP contribution in [0, 0.1) is 0 Å². The van der Waals surface area contributed by atoms with Gasteiger partial charge >= 0.3 is 5.97 Å². The van der Waals surface area contributed by atoms with Gasteiger partial charge in [0.25, 0.3) is 0 Å². The summed E-state index contributed by atoms with van der Waals surface area (Å²) in [5, 5.41) is 8.82. The molecule has 0 radical (unpaired) electrons. The van der Waals surface area contributed by atoms with Gasteiger partial charge in [0.1, 0.15) is 5.69 Å². The maximum atomic E-state index is 10.8. The summed E-state index contributed by atoms with van der Waals surface area (Å²) in [4.78, 5) is 19.1. The van der Waals surface area contributed by atoms with Crippen LogP contribution in [0.3, 0.4) is 0 Å². The number of rotatable bonds is 3. The number of carbonyl (C=O) groups is 1. The van der Waals surface area contributed by atoms with Gasteiger partial charge in [-0.05, 0) is 24.3 Å². The van der Waals surface area contributed by atoms with Crippen LogP contribution in [-0.4, -0.2) is 21.0 Å². The number of aromatic carboxylic acids is 1. The monoisotopic (exact) mass is 266 g/mol. The van der Waals surface area contributed by atoms with Crippen molar-refractivity contribution in [3.63, 3.8) is 0 Å². The minimum absolute atomic E-state index is 0.0989. The zero-order valence-corrected chi connectivity index (χ0v) is 10.4. The van der Waals surface area contributed by atoms with Crippen molar-refractivity contribution in [3.8, 4) is 22.6 Å². The standard InChI is InChI=1S/C15H10N2O3/c18-15(19)14-6-5-13(20-14)12-4-3-11(9-17-12)10-2-1-7-16-8-10/h1-9H,(H,18,19). The minimum Gasteiger partial charge on any atom is -0.475 e. The van der Waals surface area contributed by atoms with Crippen molar-refractivity contribution in [3.05, 3.63) is 60.7 Å². The first kappa shape index (κ1) is 12.1. The molecule has 0 spiro atoms. The molecule has 0 fully saturated rings. The van der Waals surface area contributed by atoms with Crippen LogP contribution in [-0.2, 0) is 0 Å². The lowest BCUT2D eigenvalue weighted by Gasteiger charge is -2.01. The van der Waals surface area contributed by atoms with Gasteiger partial charge in [-0.3, -0.25) is 9.97 Å². The molecule has 0 aromatic carbocycles. The molecular weight excluding hydrogens is 256 g/mol. The van der Waals surface area contributed by atoms with E-state index in [1.165, 1.54) is 6.07 Å². The van der Waals surface area contributed by atoms with Crippen LogP contribution in [0.1, 0.15) is 10.6 Å². The third-order valence-corrected chi connectivity index (χ3v) is 2.83. The van der Waals surface area contributed by atoms with E-state index in [1.54, 1.807) is 30.7 Å². The molecule has 1 N–H and O–H groups in total. The second kappa shape index (κ2) is 4.97. The average Bonchev–Trinajstić information content (AvgIpc) is 2.98. The Morgan fingerprint density at radius 2 is 1.90 bits per heavy atom. The van der Waals surface area contributed by atoms with Crippen molar-refractivity contribution in [2.45, 2.75) is 0 Å². The molecule has 0 aliphatic heterocycles. The molecule has 0 amide bonds. The molecule has 3 aromatic rings. The number of hydrogen-bond donors (Lipinski definition) is 1. The highest BCUT2D eigenvalue weighted by Crippen LogP contribution is 2.23. The summed E-state index contributed by atoms with van der Waals surface area (Å²) in [6.07, 6.45) is 5.17. The number of aromatic nitrogens is 2. The quantitative estimate of drug-likeness (QED) is 0.788. The summed E-state index contributed by atoms with van der Waals surface area (Å²) in [6, 6.07) is 10.5. The smallest absolute Gasteiger partial charge is 0.371 e. The van der Waals surface area contributed by atoms with Gasteiger partial charge < -0.3 is 9.52 Å². The summed E-state index contributed by atoms with van der Waals surface area (Å²) < 4.78 is 5.20. The van der Waals surface area contributed by atoms with Gasteiger partial charge in [0.2, 0.25) is 5.76 Å². The van der Waals surface area contributed by atoms with Gasteiger partial charge in [0, 0.05) is 29.7 Å². The Morgan fingerprint density at radius 3 is 2.50 bits per heavy atom. The molecular formula is C15H10N2O3. The Hall–Kier alpha value is -2.95. The Balaban J connectivity index is 1.91. The van der Waals surface area contributed by atoms with Crippen molar-refractivity contribution in [2.75, 3.05) is 0 Å². The third-order valence-electron chi connectivity index (χ3n) is 2.83. The molecule has 0 saturated heterocycles. The lowest BCUT2D eigenvalue weighted by Crippen LogP contribution is -1.91.